The van der Waals surface area contributed by atoms with Gasteiger partial charge in [-0.2, -0.15) is 0 Å². The Bertz CT molecular complexity index is 836. The zero-order chi connectivity index (χ0) is 19.4. The standard InChI is InChI=1S/C20H23N3O4/c1-14-4-6-15(7-5-14)23-11-10-22(20(23)25)13-19(24)21-17-9-8-16(26-2)12-18(17)27-3/h4-9,12H,10-11,13H2,1-3H3,(H,21,24). The third-order valence-electron chi connectivity index (χ3n) is 4.46. The van der Waals surface area contributed by atoms with Gasteiger partial charge in [0.15, 0.2) is 0 Å². The fourth-order valence-corrected chi connectivity index (χ4v) is 2.96. The molecule has 1 heterocycles. The van der Waals surface area contributed by atoms with E-state index in [1.165, 1.54) is 12.0 Å². The molecule has 1 aliphatic rings. The van der Waals surface area contributed by atoms with Crippen molar-refractivity contribution in [2.75, 3.05) is 44.1 Å². The predicted molar refractivity (Wildman–Crippen MR) is 104 cm³/mol. The highest BCUT2D eigenvalue weighted by Crippen LogP contribution is 2.29. The number of methoxy groups -OCH3 is 2. The summed E-state index contributed by atoms with van der Waals surface area (Å²) in [5.74, 6) is 0.850. The quantitative estimate of drug-likeness (QED) is 0.850. The van der Waals surface area contributed by atoms with Crippen molar-refractivity contribution in [1.82, 2.24) is 4.90 Å². The van der Waals surface area contributed by atoms with Crippen LogP contribution in [0.15, 0.2) is 42.5 Å². The Morgan fingerprint density at radius 1 is 1.07 bits per heavy atom. The van der Waals surface area contributed by atoms with E-state index in [1.807, 2.05) is 31.2 Å². The van der Waals surface area contributed by atoms with Crippen molar-refractivity contribution >= 4 is 23.3 Å². The van der Waals surface area contributed by atoms with Gasteiger partial charge < -0.3 is 19.7 Å². The molecule has 3 rings (SSSR count). The van der Waals surface area contributed by atoms with Crippen LogP contribution in [0, 0.1) is 6.92 Å². The summed E-state index contributed by atoms with van der Waals surface area (Å²) in [6.45, 7) is 3.04. The summed E-state index contributed by atoms with van der Waals surface area (Å²) in [6.07, 6.45) is 0. The number of benzene rings is 2. The Labute approximate surface area is 158 Å². The number of amides is 3. The van der Waals surface area contributed by atoms with Crippen molar-refractivity contribution in [3.8, 4) is 11.5 Å². The van der Waals surface area contributed by atoms with Gasteiger partial charge in [0.05, 0.1) is 19.9 Å². The number of aryl methyl sites for hydroxylation is 1. The first-order valence-corrected chi connectivity index (χ1v) is 8.67. The molecule has 27 heavy (non-hydrogen) atoms. The van der Waals surface area contributed by atoms with Crippen LogP contribution >= 0.6 is 0 Å². The predicted octanol–water partition coefficient (Wildman–Crippen LogP) is 2.89. The maximum absolute atomic E-state index is 12.6. The molecule has 0 aliphatic carbocycles. The molecule has 7 heteroatoms. The summed E-state index contributed by atoms with van der Waals surface area (Å²) in [5, 5.41) is 2.79. The van der Waals surface area contributed by atoms with Crippen molar-refractivity contribution in [2.24, 2.45) is 0 Å². The average molecular weight is 369 g/mol. The number of anilines is 2. The van der Waals surface area contributed by atoms with Crippen LogP contribution in [0.1, 0.15) is 5.56 Å². The van der Waals surface area contributed by atoms with Gasteiger partial charge in [-0.25, -0.2) is 4.79 Å². The minimum atomic E-state index is -0.280. The Morgan fingerprint density at radius 3 is 2.48 bits per heavy atom. The van der Waals surface area contributed by atoms with Crippen molar-refractivity contribution < 1.29 is 19.1 Å². The first-order valence-electron chi connectivity index (χ1n) is 8.67. The molecule has 0 aromatic heterocycles. The number of rotatable bonds is 6. The topological polar surface area (TPSA) is 71.1 Å². The molecule has 0 saturated carbocycles. The van der Waals surface area contributed by atoms with Gasteiger partial charge >= 0.3 is 6.03 Å². The molecule has 7 nitrogen and oxygen atoms in total. The third-order valence-corrected chi connectivity index (χ3v) is 4.46. The monoisotopic (exact) mass is 369 g/mol. The molecular formula is C20H23N3O4. The van der Waals surface area contributed by atoms with Crippen LogP contribution in [-0.4, -0.2) is 50.7 Å². The molecule has 0 unspecified atom stereocenters. The molecule has 1 N–H and O–H groups in total. The Kier molecular flexibility index (Phi) is 5.49. The summed E-state index contributed by atoms with van der Waals surface area (Å²) < 4.78 is 10.4. The second-order valence-electron chi connectivity index (χ2n) is 6.31. The van der Waals surface area contributed by atoms with E-state index in [0.29, 0.717) is 30.3 Å². The Balaban J connectivity index is 1.63. The van der Waals surface area contributed by atoms with Crippen LogP contribution in [0.25, 0.3) is 0 Å². The van der Waals surface area contributed by atoms with Gasteiger partial charge in [0, 0.05) is 24.8 Å². The van der Waals surface area contributed by atoms with Gasteiger partial charge in [-0.15, -0.1) is 0 Å². The molecule has 1 saturated heterocycles. The molecule has 0 bridgehead atoms. The molecule has 0 spiro atoms. The van der Waals surface area contributed by atoms with Gasteiger partial charge in [-0.05, 0) is 31.2 Å². The second kappa shape index (κ2) is 7.99. The normalized spacial score (nSPS) is 13.7. The summed E-state index contributed by atoms with van der Waals surface area (Å²) in [6, 6.07) is 12.7. The van der Waals surface area contributed by atoms with E-state index in [4.69, 9.17) is 9.47 Å². The molecule has 142 valence electrons. The molecule has 2 aromatic carbocycles. The number of hydrogen-bond donors (Lipinski definition) is 1. The van der Waals surface area contributed by atoms with Gasteiger partial charge in [-0.3, -0.25) is 9.69 Å². The Hall–Kier alpha value is -3.22. The maximum Gasteiger partial charge on any atom is 0.325 e. The lowest BCUT2D eigenvalue weighted by molar-refractivity contribution is -0.116. The fourth-order valence-electron chi connectivity index (χ4n) is 2.96. The maximum atomic E-state index is 12.6. The van der Waals surface area contributed by atoms with Crippen molar-refractivity contribution in [3.63, 3.8) is 0 Å². The third kappa shape index (κ3) is 4.13. The number of carbonyl (C=O) groups excluding carboxylic acids is 2. The number of nitrogens with one attached hydrogen (secondary N) is 1. The summed E-state index contributed by atoms with van der Waals surface area (Å²) in [7, 11) is 3.08. The highest BCUT2D eigenvalue weighted by molar-refractivity contribution is 5.99. The van der Waals surface area contributed by atoms with Crippen molar-refractivity contribution in [1.29, 1.82) is 0 Å². The molecule has 1 fully saturated rings. The second-order valence-corrected chi connectivity index (χ2v) is 6.31. The van der Waals surface area contributed by atoms with E-state index in [0.717, 1.165) is 11.3 Å². The van der Waals surface area contributed by atoms with Crippen molar-refractivity contribution in [2.45, 2.75) is 6.92 Å². The van der Waals surface area contributed by atoms with E-state index >= 15 is 0 Å². The van der Waals surface area contributed by atoms with Crippen LogP contribution in [0.3, 0.4) is 0 Å². The van der Waals surface area contributed by atoms with Gasteiger partial charge in [0.1, 0.15) is 18.0 Å². The molecule has 0 atom stereocenters. The van der Waals surface area contributed by atoms with Crippen LogP contribution in [0.2, 0.25) is 0 Å². The van der Waals surface area contributed by atoms with E-state index in [-0.39, 0.29) is 18.5 Å². The highest BCUT2D eigenvalue weighted by Gasteiger charge is 2.30. The fraction of sp³-hybridized carbons (Fsp3) is 0.300. The van der Waals surface area contributed by atoms with Crippen molar-refractivity contribution in [3.05, 3.63) is 48.0 Å². The molecular weight excluding hydrogens is 346 g/mol. The number of nitrogens with zero attached hydrogens (tertiary/aromatic N) is 2. The van der Waals surface area contributed by atoms with Gasteiger partial charge in [0.25, 0.3) is 0 Å². The zero-order valence-electron chi connectivity index (χ0n) is 15.7. The minimum absolute atomic E-state index is 0.0175. The van der Waals surface area contributed by atoms with Crippen LogP contribution in [-0.2, 0) is 4.79 Å². The number of urea groups is 1. The summed E-state index contributed by atoms with van der Waals surface area (Å²) in [5.41, 5.74) is 2.51. The number of ether oxygens (including phenoxy) is 2. The van der Waals surface area contributed by atoms with Gasteiger partial charge in [0.2, 0.25) is 5.91 Å². The molecule has 1 aliphatic heterocycles. The highest BCUT2D eigenvalue weighted by atomic mass is 16.5. The molecule has 3 amide bonds. The average Bonchev–Trinajstić information content (AvgIpc) is 3.03. The van der Waals surface area contributed by atoms with E-state index in [9.17, 15) is 9.59 Å². The zero-order valence-corrected chi connectivity index (χ0v) is 15.7. The lowest BCUT2D eigenvalue weighted by Crippen LogP contribution is -2.37. The summed E-state index contributed by atoms with van der Waals surface area (Å²) in [4.78, 5) is 28.2. The summed E-state index contributed by atoms with van der Waals surface area (Å²) >= 11 is 0. The van der Waals surface area contributed by atoms with E-state index in [1.54, 1.807) is 30.2 Å². The largest absolute Gasteiger partial charge is 0.497 e. The minimum Gasteiger partial charge on any atom is -0.497 e. The lowest BCUT2D eigenvalue weighted by atomic mass is 10.2. The first kappa shape index (κ1) is 18.6. The lowest BCUT2D eigenvalue weighted by Gasteiger charge is -2.19. The van der Waals surface area contributed by atoms with E-state index < -0.39 is 0 Å². The Morgan fingerprint density at radius 2 is 1.81 bits per heavy atom. The smallest absolute Gasteiger partial charge is 0.325 e. The molecule has 2 aromatic rings. The van der Waals surface area contributed by atoms with Gasteiger partial charge in [-0.1, -0.05) is 17.7 Å². The van der Waals surface area contributed by atoms with Crippen LogP contribution < -0.4 is 19.7 Å². The first-order chi connectivity index (χ1) is 13.0. The number of carbonyl (C=O) groups is 2. The van der Waals surface area contributed by atoms with E-state index in [2.05, 4.69) is 5.32 Å². The molecule has 0 radical (unpaired) electrons. The number of hydrogen-bond acceptors (Lipinski definition) is 4. The SMILES string of the molecule is COc1ccc(NC(=O)CN2CCN(c3ccc(C)cc3)C2=O)c(OC)c1. The van der Waals surface area contributed by atoms with Crippen LogP contribution in [0.4, 0.5) is 16.2 Å². The van der Waals surface area contributed by atoms with Crippen LogP contribution in [0.5, 0.6) is 11.5 Å².